The highest BCUT2D eigenvalue weighted by atomic mass is 32.1. The zero-order valence-electron chi connectivity index (χ0n) is 17.8. The Balaban J connectivity index is 1.59. The molecule has 1 N–H and O–H groups in total. The molecule has 30 heavy (non-hydrogen) atoms. The molecule has 0 bridgehead atoms. The SMILES string of the molecule is COc1nn(C)cc1C(=O)N1CCC(C(=O)Nc2nc(C)c(C(=O)N(C)C)s2)CC1. The smallest absolute Gasteiger partial charge is 0.265 e. The van der Waals surface area contributed by atoms with E-state index in [9.17, 15) is 14.4 Å². The van der Waals surface area contributed by atoms with Gasteiger partial charge in [-0.15, -0.1) is 5.10 Å². The number of piperidine rings is 1. The molecule has 0 atom stereocenters. The Kier molecular flexibility index (Phi) is 6.40. The Labute approximate surface area is 178 Å². The van der Waals surface area contributed by atoms with Gasteiger partial charge in [0.2, 0.25) is 11.8 Å². The van der Waals surface area contributed by atoms with Gasteiger partial charge in [0.25, 0.3) is 11.8 Å². The summed E-state index contributed by atoms with van der Waals surface area (Å²) in [6.07, 6.45) is 2.74. The fraction of sp³-hybridized carbons (Fsp3) is 0.526. The topological polar surface area (TPSA) is 110 Å². The third-order valence-corrected chi connectivity index (χ3v) is 6.06. The van der Waals surface area contributed by atoms with Crippen molar-refractivity contribution >= 4 is 34.2 Å². The number of carbonyl (C=O) groups excluding carboxylic acids is 3. The monoisotopic (exact) mass is 434 g/mol. The standard InChI is InChI=1S/C19H26N6O4S/c1-11-14(18(28)23(2)3)30-19(20-11)21-15(26)12-6-8-25(9-7-12)17(27)13-10-24(4)22-16(13)29-5/h10,12H,6-9H2,1-5H3,(H,20,21,26). The number of anilines is 1. The summed E-state index contributed by atoms with van der Waals surface area (Å²) in [7, 11) is 6.56. The highest BCUT2D eigenvalue weighted by Crippen LogP contribution is 2.27. The van der Waals surface area contributed by atoms with Crippen LogP contribution in [0.1, 0.15) is 38.6 Å². The summed E-state index contributed by atoms with van der Waals surface area (Å²) < 4.78 is 6.71. The summed E-state index contributed by atoms with van der Waals surface area (Å²) >= 11 is 1.18. The van der Waals surface area contributed by atoms with Crippen LogP contribution in [0.4, 0.5) is 5.13 Å². The van der Waals surface area contributed by atoms with Crippen LogP contribution in [0.3, 0.4) is 0 Å². The summed E-state index contributed by atoms with van der Waals surface area (Å²) in [6.45, 7) is 2.69. The molecular weight excluding hydrogens is 408 g/mol. The van der Waals surface area contributed by atoms with E-state index >= 15 is 0 Å². The van der Waals surface area contributed by atoms with Crippen LogP contribution in [0.25, 0.3) is 0 Å². The number of aromatic nitrogens is 3. The fourth-order valence-corrected chi connectivity index (χ4v) is 4.33. The zero-order chi connectivity index (χ0) is 22.0. The average Bonchev–Trinajstić information content (AvgIpc) is 3.28. The maximum Gasteiger partial charge on any atom is 0.265 e. The fourth-order valence-electron chi connectivity index (χ4n) is 3.34. The molecule has 0 aliphatic carbocycles. The Morgan fingerprint density at radius 2 is 1.93 bits per heavy atom. The van der Waals surface area contributed by atoms with Crippen molar-refractivity contribution in [1.82, 2.24) is 24.6 Å². The number of carbonyl (C=O) groups is 3. The van der Waals surface area contributed by atoms with Gasteiger partial charge in [0.15, 0.2) is 5.13 Å². The number of methoxy groups -OCH3 is 1. The lowest BCUT2D eigenvalue weighted by Crippen LogP contribution is -2.41. The van der Waals surface area contributed by atoms with Crippen LogP contribution in [-0.4, -0.2) is 76.6 Å². The molecule has 3 rings (SSSR count). The van der Waals surface area contributed by atoms with Crippen LogP contribution in [0.2, 0.25) is 0 Å². The second kappa shape index (κ2) is 8.82. The molecule has 0 saturated carbocycles. The maximum atomic E-state index is 12.8. The third-order valence-electron chi connectivity index (χ3n) is 5.00. The first-order valence-corrected chi connectivity index (χ1v) is 10.4. The van der Waals surface area contributed by atoms with E-state index in [0.717, 1.165) is 0 Å². The van der Waals surface area contributed by atoms with Gasteiger partial charge in [-0.2, -0.15) is 0 Å². The van der Waals surface area contributed by atoms with Gasteiger partial charge in [0.1, 0.15) is 10.4 Å². The van der Waals surface area contributed by atoms with Crippen LogP contribution in [-0.2, 0) is 11.8 Å². The van der Waals surface area contributed by atoms with Gasteiger partial charge in [-0.1, -0.05) is 11.3 Å². The maximum absolute atomic E-state index is 12.8. The van der Waals surface area contributed by atoms with Gasteiger partial charge in [-0.3, -0.25) is 19.1 Å². The van der Waals surface area contributed by atoms with Gasteiger partial charge in [-0.25, -0.2) is 4.98 Å². The van der Waals surface area contributed by atoms with Gasteiger partial charge in [-0.05, 0) is 19.8 Å². The van der Waals surface area contributed by atoms with Gasteiger partial charge < -0.3 is 19.9 Å². The number of nitrogens with one attached hydrogen (secondary N) is 1. The van der Waals surface area contributed by atoms with E-state index in [-0.39, 0.29) is 23.6 Å². The van der Waals surface area contributed by atoms with Crippen molar-refractivity contribution in [2.24, 2.45) is 13.0 Å². The molecule has 162 valence electrons. The highest BCUT2D eigenvalue weighted by Gasteiger charge is 2.30. The molecule has 3 amide bonds. The predicted molar refractivity (Wildman–Crippen MR) is 112 cm³/mol. The van der Waals surface area contributed by atoms with Crippen LogP contribution in [0, 0.1) is 12.8 Å². The number of amides is 3. The molecule has 0 radical (unpaired) electrons. The lowest BCUT2D eigenvalue weighted by molar-refractivity contribution is -0.121. The zero-order valence-corrected chi connectivity index (χ0v) is 18.6. The van der Waals surface area contributed by atoms with Crippen LogP contribution in [0.15, 0.2) is 6.20 Å². The van der Waals surface area contributed by atoms with E-state index in [4.69, 9.17) is 4.74 Å². The number of ether oxygens (including phenoxy) is 1. The Bertz CT molecular complexity index is 958. The summed E-state index contributed by atoms with van der Waals surface area (Å²) in [5, 5.41) is 7.36. The minimum absolute atomic E-state index is 0.136. The van der Waals surface area contributed by atoms with E-state index < -0.39 is 0 Å². The molecule has 1 aliphatic rings. The summed E-state index contributed by atoms with van der Waals surface area (Å²) in [4.78, 5) is 45.6. The molecule has 2 aromatic heterocycles. The molecule has 0 spiro atoms. The van der Waals surface area contributed by atoms with E-state index in [0.29, 0.717) is 53.1 Å². The Morgan fingerprint density at radius 1 is 1.27 bits per heavy atom. The number of rotatable bonds is 5. The van der Waals surface area contributed by atoms with Crippen molar-refractivity contribution in [3.05, 3.63) is 22.3 Å². The second-order valence-electron chi connectivity index (χ2n) is 7.41. The van der Waals surface area contributed by atoms with E-state index in [1.807, 2.05) is 0 Å². The first-order valence-electron chi connectivity index (χ1n) is 9.58. The minimum Gasteiger partial charge on any atom is -0.479 e. The van der Waals surface area contributed by atoms with E-state index in [1.165, 1.54) is 28.0 Å². The first kappa shape index (κ1) is 21.8. The van der Waals surface area contributed by atoms with E-state index in [1.54, 1.807) is 39.2 Å². The molecule has 3 heterocycles. The van der Waals surface area contributed by atoms with Gasteiger partial charge in [0, 0.05) is 46.3 Å². The largest absolute Gasteiger partial charge is 0.479 e. The molecule has 1 aliphatic heterocycles. The molecule has 0 aromatic carbocycles. The Hall–Kier alpha value is -2.95. The lowest BCUT2D eigenvalue weighted by Gasteiger charge is -2.31. The molecule has 2 aromatic rings. The highest BCUT2D eigenvalue weighted by molar-refractivity contribution is 7.17. The minimum atomic E-state index is -0.220. The van der Waals surface area contributed by atoms with Crippen molar-refractivity contribution in [2.75, 3.05) is 39.6 Å². The van der Waals surface area contributed by atoms with Crippen molar-refractivity contribution in [3.63, 3.8) is 0 Å². The van der Waals surface area contributed by atoms with Gasteiger partial charge >= 0.3 is 0 Å². The predicted octanol–water partition coefficient (Wildman–Crippen LogP) is 1.39. The normalized spacial score (nSPS) is 14.5. The third kappa shape index (κ3) is 4.45. The quantitative estimate of drug-likeness (QED) is 0.762. The Morgan fingerprint density at radius 3 is 2.53 bits per heavy atom. The summed E-state index contributed by atoms with van der Waals surface area (Å²) in [5.74, 6) is -0.352. The molecule has 11 heteroatoms. The second-order valence-corrected chi connectivity index (χ2v) is 8.41. The van der Waals surface area contributed by atoms with Crippen molar-refractivity contribution in [3.8, 4) is 5.88 Å². The van der Waals surface area contributed by atoms with Crippen molar-refractivity contribution in [2.45, 2.75) is 19.8 Å². The molecular formula is C19H26N6O4S. The van der Waals surface area contributed by atoms with Crippen LogP contribution < -0.4 is 10.1 Å². The number of hydrogen-bond donors (Lipinski definition) is 1. The number of nitrogens with zero attached hydrogens (tertiary/aromatic N) is 5. The van der Waals surface area contributed by atoms with Gasteiger partial charge in [0.05, 0.1) is 12.8 Å². The van der Waals surface area contributed by atoms with Crippen molar-refractivity contribution in [1.29, 1.82) is 0 Å². The molecule has 1 fully saturated rings. The molecule has 10 nitrogen and oxygen atoms in total. The van der Waals surface area contributed by atoms with Crippen molar-refractivity contribution < 1.29 is 19.1 Å². The molecule has 0 unspecified atom stereocenters. The number of aryl methyl sites for hydroxylation is 2. The summed E-state index contributed by atoms with van der Waals surface area (Å²) in [6, 6.07) is 0. The van der Waals surface area contributed by atoms with Crippen LogP contribution in [0.5, 0.6) is 5.88 Å². The lowest BCUT2D eigenvalue weighted by atomic mass is 9.95. The first-order chi connectivity index (χ1) is 14.2. The number of likely N-dealkylation sites (tertiary alicyclic amines) is 1. The van der Waals surface area contributed by atoms with Crippen LogP contribution >= 0.6 is 11.3 Å². The molecule has 1 saturated heterocycles. The average molecular weight is 435 g/mol. The number of hydrogen-bond acceptors (Lipinski definition) is 7. The summed E-state index contributed by atoms with van der Waals surface area (Å²) in [5.41, 5.74) is 1.01. The number of thiazole rings is 1. The van der Waals surface area contributed by atoms with E-state index in [2.05, 4.69) is 15.4 Å².